The van der Waals surface area contributed by atoms with Gasteiger partial charge in [0.15, 0.2) is 0 Å². The van der Waals surface area contributed by atoms with Gasteiger partial charge in [-0.2, -0.15) is 0 Å². The van der Waals surface area contributed by atoms with Gasteiger partial charge in [-0.25, -0.2) is 14.6 Å². The highest BCUT2D eigenvalue weighted by atomic mass is 16.5. The van der Waals surface area contributed by atoms with Gasteiger partial charge in [0.05, 0.1) is 19.0 Å². The predicted octanol–water partition coefficient (Wildman–Crippen LogP) is 3.15. The van der Waals surface area contributed by atoms with E-state index in [9.17, 15) is 9.59 Å². The number of carbonyl (C=O) groups is 2. The molecule has 1 atom stereocenters. The Kier molecular flexibility index (Phi) is 5.88. The highest BCUT2D eigenvalue weighted by Gasteiger charge is 2.26. The number of esters is 1. The maximum atomic E-state index is 12.7. The molecule has 138 valence electrons. The molecule has 1 N–H and O–H groups in total. The van der Waals surface area contributed by atoms with E-state index in [1.807, 2.05) is 15.7 Å². The summed E-state index contributed by atoms with van der Waals surface area (Å²) < 4.78 is 6.72. The second kappa shape index (κ2) is 8.51. The van der Waals surface area contributed by atoms with Crippen molar-refractivity contribution in [2.24, 2.45) is 0 Å². The second-order valence-corrected chi connectivity index (χ2v) is 6.43. The van der Waals surface area contributed by atoms with Gasteiger partial charge in [0.2, 0.25) is 0 Å². The van der Waals surface area contributed by atoms with Crippen LogP contribution in [0.1, 0.15) is 36.0 Å². The first-order chi connectivity index (χ1) is 12.7. The van der Waals surface area contributed by atoms with Crippen molar-refractivity contribution >= 4 is 17.7 Å². The number of aromatic nitrogens is 2. The van der Waals surface area contributed by atoms with E-state index in [2.05, 4.69) is 15.0 Å². The van der Waals surface area contributed by atoms with Crippen LogP contribution in [0.5, 0.6) is 0 Å². The zero-order valence-corrected chi connectivity index (χ0v) is 14.9. The Morgan fingerprint density at radius 1 is 1.27 bits per heavy atom. The number of methoxy groups -OCH3 is 1. The molecule has 3 rings (SSSR count). The zero-order valence-electron chi connectivity index (χ0n) is 14.9. The van der Waals surface area contributed by atoms with Crippen molar-refractivity contribution in [2.75, 3.05) is 19.0 Å². The molecule has 2 aromatic rings. The van der Waals surface area contributed by atoms with Crippen LogP contribution in [-0.2, 0) is 11.3 Å². The average Bonchev–Trinajstić information content (AvgIpc) is 3.20. The Labute approximate surface area is 153 Å². The van der Waals surface area contributed by atoms with Crippen molar-refractivity contribution in [3.05, 3.63) is 48.5 Å². The van der Waals surface area contributed by atoms with E-state index in [0.717, 1.165) is 38.8 Å². The maximum absolute atomic E-state index is 12.7. The van der Waals surface area contributed by atoms with E-state index in [1.54, 1.807) is 36.8 Å². The molecule has 0 aliphatic carbocycles. The largest absolute Gasteiger partial charge is 0.465 e. The molecule has 1 saturated heterocycles. The molecule has 2 amide bonds. The lowest BCUT2D eigenvalue weighted by Gasteiger charge is -2.36. The number of amides is 2. The standard InChI is InChI=1S/C19H24N4O3/c1-26-18(24)15-5-7-16(8-6-15)21-19(25)23-11-3-2-4-17(23)9-12-22-13-10-20-14-22/h5-8,10,13-14,17H,2-4,9,11-12H2,1H3,(H,21,25)/t17-/m1/s1. The molecule has 0 spiro atoms. The number of carbonyl (C=O) groups excluding carboxylic acids is 2. The van der Waals surface area contributed by atoms with Gasteiger partial charge in [-0.05, 0) is 49.9 Å². The third kappa shape index (κ3) is 4.41. The van der Waals surface area contributed by atoms with Crippen molar-refractivity contribution < 1.29 is 14.3 Å². The minimum Gasteiger partial charge on any atom is -0.465 e. The molecule has 2 heterocycles. The van der Waals surface area contributed by atoms with Gasteiger partial charge in [-0.3, -0.25) is 0 Å². The Morgan fingerprint density at radius 2 is 2.08 bits per heavy atom. The van der Waals surface area contributed by atoms with Crippen molar-refractivity contribution in [1.82, 2.24) is 14.5 Å². The normalized spacial score (nSPS) is 17.0. The minimum absolute atomic E-state index is 0.0915. The third-order valence-corrected chi connectivity index (χ3v) is 4.72. The topological polar surface area (TPSA) is 76.5 Å². The van der Waals surface area contributed by atoms with Crippen molar-refractivity contribution in [3.63, 3.8) is 0 Å². The maximum Gasteiger partial charge on any atom is 0.337 e. The summed E-state index contributed by atoms with van der Waals surface area (Å²) in [4.78, 5) is 30.2. The van der Waals surface area contributed by atoms with Crippen LogP contribution in [0.2, 0.25) is 0 Å². The molecule has 1 aliphatic rings. The number of piperidine rings is 1. The van der Waals surface area contributed by atoms with Crippen LogP contribution in [0.3, 0.4) is 0 Å². The number of urea groups is 1. The molecular weight excluding hydrogens is 332 g/mol. The van der Waals surface area contributed by atoms with E-state index in [1.165, 1.54) is 7.11 Å². The predicted molar refractivity (Wildman–Crippen MR) is 98.0 cm³/mol. The number of benzene rings is 1. The molecule has 1 aromatic carbocycles. The van der Waals surface area contributed by atoms with Crippen molar-refractivity contribution in [2.45, 2.75) is 38.3 Å². The number of rotatable bonds is 5. The Morgan fingerprint density at radius 3 is 2.77 bits per heavy atom. The summed E-state index contributed by atoms with van der Waals surface area (Å²) in [6.45, 7) is 1.61. The molecule has 0 saturated carbocycles. The summed E-state index contributed by atoms with van der Waals surface area (Å²) in [6.07, 6.45) is 9.60. The first kappa shape index (κ1) is 18.0. The fraction of sp³-hybridized carbons (Fsp3) is 0.421. The monoisotopic (exact) mass is 356 g/mol. The van der Waals surface area contributed by atoms with Crippen molar-refractivity contribution in [3.8, 4) is 0 Å². The highest BCUT2D eigenvalue weighted by molar-refractivity contribution is 5.92. The van der Waals surface area contributed by atoms with Crippen molar-refractivity contribution in [1.29, 1.82) is 0 Å². The third-order valence-electron chi connectivity index (χ3n) is 4.72. The van der Waals surface area contributed by atoms with Crippen LogP contribution in [0.25, 0.3) is 0 Å². The summed E-state index contributed by atoms with van der Waals surface area (Å²) in [5.41, 5.74) is 1.13. The summed E-state index contributed by atoms with van der Waals surface area (Å²) >= 11 is 0. The number of nitrogens with zero attached hydrogens (tertiary/aromatic N) is 3. The van der Waals surface area contributed by atoms with Gasteiger partial charge in [0.1, 0.15) is 0 Å². The second-order valence-electron chi connectivity index (χ2n) is 6.43. The fourth-order valence-corrected chi connectivity index (χ4v) is 3.29. The lowest BCUT2D eigenvalue weighted by atomic mass is 9.99. The van der Waals surface area contributed by atoms with Crippen LogP contribution in [0, 0.1) is 0 Å². The number of ether oxygens (including phenoxy) is 1. The zero-order chi connectivity index (χ0) is 18.4. The van der Waals surface area contributed by atoms with Gasteiger partial charge in [-0.1, -0.05) is 0 Å². The molecule has 0 bridgehead atoms. The summed E-state index contributed by atoms with van der Waals surface area (Å²) in [6, 6.07) is 6.86. The van der Waals surface area contributed by atoms with E-state index >= 15 is 0 Å². The van der Waals surface area contributed by atoms with Crippen LogP contribution in [-0.4, -0.2) is 46.1 Å². The lowest BCUT2D eigenvalue weighted by molar-refractivity contribution is 0.0600. The molecule has 7 nitrogen and oxygen atoms in total. The van der Waals surface area contributed by atoms with E-state index < -0.39 is 5.97 Å². The van der Waals surface area contributed by atoms with E-state index in [-0.39, 0.29) is 12.1 Å². The fourth-order valence-electron chi connectivity index (χ4n) is 3.29. The van der Waals surface area contributed by atoms with Crippen LogP contribution >= 0.6 is 0 Å². The number of imidazole rings is 1. The van der Waals surface area contributed by atoms with Gasteiger partial charge < -0.3 is 19.5 Å². The Balaban J connectivity index is 1.60. The first-order valence-corrected chi connectivity index (χ1v) is 8.89. The SMILES string of the molecule is COC(=O)c1ccc(NC(=O)N2CCCC[C@@H]2CCn2ccnc2)cc1. The van der Waals surface area contributed by atoms with Crippen LogP contribution < -0.4 is 5.32 Å². The van der Waals surface area contributed by atoms with Crippen LogP contribution in [0.4, 0.5) is 10.5 Å². The minimum atomic E-state index is -0.390. The van der Waals surface area contributed by atoms with Gasteiger partial charge in [0, 0.05) is 37.2 Å². The number of aryl methyl sites for hydroxylation is 1. The first-order valence-electron chi connectivity index (χ1n) is 8.89. The lowest BCUT2D eigenvalue weighted by Crippen LogP contribution is -2.46. The number of hydrogen-bond donors (Lipinski definition) is 1. The number of nitrogens with one attached hydrogen (secondary N) is 1. The summed E-state index contributed by atoms with van der Waals surface area (Å²) in [7, 11) is 1.35. The number of anilines is 1. The number of likely N-dealkylation sites (tertiary alicyclic amines) is 1. The molecule has 1 aromatic heterocycles. The van der Waals surface area contributed by atoms with E-state index in [4.69, 9.17) is 0 Å². The van der Waals surface area contributed by atoms with E-state index in [0.29, 0.717) is 11.3 Å². The molecule has 1 aliphatic heterocycles. The average molecular weight is 356 g/mol. The highest BCUT2D eigenvalue weighted by Crippen LogP contribution is 2.22. The molecule has 0 radical (unpaired) electrons. The Bertz CT molecular complexity index is 728. The number of hydrogen-bond acceptors (Lipinski definition) is 4. The van der Waals surface area contributed by atoms with Gasteiger partial charge >= 0.3 is 12.0 Å². The Hall–Kier alpha value is -2.83. The van der Waals surface area contributed by atoms with Gasteiger partial charge in [-0.15, -0.1) is 0 Å². The van der Waals surface area contributed by atoms with Crippen LogP contribution in [0.15, 0.2) is 43.0 Å². The molecule has 26 heavy (non-hydrogen) atoms. The molecular formula is C19H24N4O3. The quantitative estimate of drug-likeness (QED) is 0.835. The summed E-state index contributed by atoms with van der Waals surface area (Å²) in [5.74, 6) is -0.390. The summed E-state index contributed by atoms with van der Waals surface area (Å²) in [5, 5.41) is 2.93. The molecule has 1 fully saturated rings. The molecule has 0 unspecified atom stereocenters. The smallest absolute Gasteiger partial charge is 0.337 e. The molecule has 7 heteroatoms. The van der Waals surface area contributed by atoms with Gasteiger partial charge in [0.25, 0.3) is 0 Å².